The second-order valence-electron chi connectivity index (χ2n) is 9.32. The third-order valence-corrected chi connectivity index (χ3v) is 6.69. The maximum atomic E-state index is 12.5. The molecule has 37 heavy (non-hydrogen) atoms. The van der Waals surface area contributed by atoms with Crippen LogP contribution in [0.15, 0.2) is 48.5 Å². The number of rotatable bonds is 7. The topological polar surface area (TPSA) is 134 Å². The van der Waals surface area contributed by atoms with Crippen molar-refractivity contribution in [2.45, 2.75) is 50.9 Å². The van der Waals surface area contributed by atoms with Crippen LogP contribution in [-0.2, 0) is 11.3 Å². The normalized spacial score (nSPS) is 18.5. The van der Waals surface area contributed by atoms with Crippen LogP contribution in [0.3, 0.4) is 0 Å². The SMILES string of the molecule is O=C(O)N1CCCC[C@@H](Nc2c(OC3CCN(C(=O)OCc4ccccc4)CC3)cccc2[N+](=O)[O-])C1. The van der Waals surface area contributed by atoms with E-state index in [4.69, 9.17) is 9.47 Å². The largest absolute Gasteiger partial charge is 0.488 e. The van der Waals surface area contributed by atoms with Crippen molar-refractivity contribution in [1.82, 2.24) is 9.80 Å². The first-order chi connectivity index (χ1) is 17.9. The maximum Gasteiger partial charge on any atom is 0.410 e. The maximum absolute atomic E-state index is 12.5. The number of ether oxygens (including phenoxy) is 2. The van der Waals surface area contributed by atoms with E-state index in [0.29, 0.717) is 44.6 Å². The van der Waals surface area contributed by atoms with Crippen LogP contribution in [0.2, 0.25) is 0 Å². The number of carbonyl (C=O) groups is 2. The van der Waals surface area contributed by atoms with E-state index in [1.54, 1.807) is 17.0 Å². The molecule has 0 bridgehead atoms. The highest BCUT2D eigenvalue weighted by Crippen LogP contribution is 2.37. The highest BCUT2D eigenvalue weighted by molar-refractivity contribution is 5.71. The minimum Gasteiger partial charge on any atom is -0.488 e. The lowest BCUT2D eigenvalue weighted by atomic mass is 10.1. The van der Waals surface area contributed by atoms with Crippen molar-refractivity contribution in [2.75, 3.05) is 31.5 Å². The summed E-state index contributed by atoms with van der Waals surface area (Å²) in [5.41, 5.74) is 1.06. The van der Waals surface area contributed by atoms with E-state index in [2.05, 4.69) is 5.32 Å². The summed E-state index contributed by atoms with van der Waals surface area (Å²) in [4.78, 5) is 38.3. The van der Waals surface area contributed by atoms with E-state index in [-0.39, 0.29) is 42.8 Å². The molecule has 0 radical (unpaired) electrons. The third kappa shape index (κ3) is 7.02. The first kappa shape index (κ1) is 26.1. The average Bonchev–Trinajstić information content (AvgIpc) is 3.15. The van der Waals surface area contributed by atoms with Crippen LogP contribution in [0.25, 0.3) is 0 Å². The second kappa shape index (κ2) is 12.3. The van der Waals surface area contributed by atoms with Gasteiger partial charge >= 0.3 is 12.2 Å². The fraction of sp³-hybridized carbons (Fsp3) is 0.462. The van der Waals surface area contributed by atoms with Crippen LogP contribution in [0.1, 0.15) is 37.7 Å². The number of likely N-dealkylation sites (tertiary alicyclic amines) is 2. The van der Waals surface area contributed by atoms with Gasteiger partial charge in [-0.25, -0.2) is 9.59 Å². The molecule has 0 aromatic heterocycles. The molecule has 2 fully saturated rings. The van der Waals surface area contributed by atoms with E-state index in [9.17, 15) is 24.8 Å². The molecule has 2 amide bonds. The van der Waals surface area contributed by atoms with Crippen LogP contribution in [0.4, 0.5) is 21.0 Å². The molecular weight excluding hydrogens is 480 g/mol. The molecule has 2 aliphatic heterocycles. The predicted molar refractivity (Wildman–Crippen MR) is 136 cm³/mol. The Hall–Kier alpha value is -4.02. The number of piperidine rings is 1. The fourth-order valence-electron chi connectivity index (χ4n) is 4.70. The van der Waals surface area contributed by atoms with Gasteiger partial charge in [0.1, 0.15) is 18.5 Å². The van der Waals surface area contributed by atoms with E-state index in [0.717, 1.165) is 18.4 Å². The lowest BCUT2D eigenvalue weighted by Crippen LogP contribution is -2.42. The van der Waals surface area contributed by atoms with Crippen molar-refractivity contribution in [3.8, 4) is 5.75 Å². The summed E-state index contributed by atoms with van der Waals surface area (Å²) >= 11 is 0. The number of carboxylic acid groups (broad SMARTS) is 1. The number of nitrogens with one attached hydrogen (secondary N) is 1. The van der Waals surface area contributed by atoms with Crippen LogP contribution in [-0.4, -0.2) is 70.3 Å². The van der Waals surface area contributed by atoms with Crippen LogP contribution in [0.5, 0.6) is 5.75 Å². The number of amides is 2. The molecule has 2 aliphatic rings. The van der Waals surface area contributed by atoms with Crippen LogP contribution < -0.4 is 10.1 Å². The Morgan fingerprint density at radius 1 is 1.00 bits per heavy atom. The number of hydrogen-bond donors (Lipinski definition) is 2. The Bertz CT molecular complexity index is 1090. The van der Waals surface area contributed by atoms with Gasteiger partial charge < -0.3 is 29.7 Å². The van der Waals surface area contributed by atoms with Crippen LogP contribution in [0, 0.1) is 10.1 Å². The van der Waals surface area contributed by atoms with Gasteiger partial charge in [-0.05, 0) is 30.9 Å². The molecule has 0 aliphatic carbocycles. The summed E-state index contributed by atoms with van der Waals surface area (Å²) in [5.74, 6) is 0.352. The molecule has 0 spiro atoms. The molecule has 2 N–H and O–H groups in total. The Balaban J connectivity index is 1.38. The fourth-order valence-corrected chi connectivity index (χ4v) is 4.70. The third-order valence-electron chi connectivity index (χ3n) is 6.69. The van der Waals surface area contributed by atoms with E-state index < -0.39 is 11.0 Å². The molecular formula is C26H32N4O7. The van der Waals surface area contributed by atoms with E-state index in [1.807, 2.05) is 30.3 Å². The summed E-state index contributed by atoms with van der Waals surface area (Å²) in [5, 5.41) is 24.4. The molecule has 2 heterocycles. The minimum atomic E-state index is -0.998. The van der Waals surface area contributed by atoms with Gasteiger partial charge in [-0.1, -0.05) is 36.4 Å². The smallest absolute Gasteiger partial charge is 0.410 e. The van der Waals surface area contributed by atoms with E-state index >= 15 is 0 Å². The van der Waals surface area contributed by atoms with Crippen molar-refractivity contribution in [3.63, 3.8) is 0 Å². The monoisotopic (exact) mass is 512 g/mol. The first-order valence-electron chi connectivity index (χ1n) is 12.5. The summed E-state index contributed by atoms with van der Waals surface area (Å²) in [7, 11) is 0. The zero-order chi connectivity index (χ0) is 26.2. The number of nitro groups is 1. The van der Waals surface area contributed by atoms with Crippen molar-refractivity contribution in [3.05, 3.63) is 64.2 Å². The molecule has 0 unspecified atom stereocenters. The number of anilines is 1. The molecule has 1 atom stereocenters. The number of nitrogens with zero attached hydrogens (tertiary/aromatic N) is 3. The van der Waals surface area contributed by atoms with Gasteiger partial charge in [-0.15, -0.1) is 0 Å². The summed E-state index contributed by atoms with van der Waals surface area (Å²) < 4.78 is 11.6. The summed E-state index contributed by atoms with van der Waals surface area (Å²) in [6, 6.07) is 13.9. The standard InChI is InChI=1S/C26H32N4O7/c31-25(32)29-14-5-4-9-20(17-29)27-24-22(30(34)35)10-6-11-23(24)37-21-12-15-28(16-13-21)26(33)36-18-19-7-2-1-3-8-19/h1-3,6-8,10-11,20-21,27H,4-5,9,12-18H2,(H,31,32)/t20-/m1/s1. The molecule has 11 heteroatoms. The Morgan fingerprint density at radius 2 is 1.76 bits per heavy atom. The first-order valence-corrected chi connectivity index (χ1v) is 12.5. The number of para-hydroxylation sites is 1. The quantitative estimate of drug-likeness (QED) is 0.402. The van der Waals surface area contributed by atoms with Gasteiger partial charge in [0.15, 0.2) is 5.69 Å². The van der Waals surface area contributed by atoms with Gasteiger partial charge in [0.05, 0.1) is 4.92 Å². The summed E-state index contributed by atoms with van der Waals surface area (Å²) in [6.07, 6.45) is 1.76. The van der Waals surface area contributed by atoms with Gasteiger partial charge in [0, 0.05) is 51.1 Å². The van der Waals surface area contributed by atoms with Crippen molar-refractivity contribution >= 4 is 23.6 Å². The minimum absolute atomic E-state index is 0.120. The number of carbonyl (C=O) groups excluding carboxylic acids is 1. The molecule has 4 rings (SSSR count). The highest BCUT2D eigenvalue weighted by atomic mass is 16.6. The number of nitro benzene ring substituents is 1. The zero-order valence-electron chi connectivity index (χ0n) is 20.6. The number of benzene rings is 2. The zero-order valence-corrected chi connectivity index (χ0v) is 20.6. The van der Waals surface area contributed by atoms with Gasteiger partial charge in [-0.3, -0.25) is 10.1 Å². The van der Waals surface area contributed by atoms with E-state index in [1.165, 1.54) is 11.0 Å². The number of hydrogen-bond acceptors (Lipinski definition) is 7. The highest BCUT2D eigenvalue weighted by Gasteiger charge is 2.29. The summed E-state index contributed by atoms with van der Waals surface area (Å²) in [6.45, 7) is 1.79. The molecule has 11 nitrogen and oxygen atoms in total. The van der Waals surface area contributed by atoms with Gasteiger partial charge in [0.2, 0.25) is 0 Å². The average molecular weight is 513 g/mol. The van der Waals surface area contributed by atoms with Crippen molar-refractivity contribution in [1.29, 1.82) is 0 Å². The molecule has 2 aromatic rings. The lowest BCUT2D eigenvalue weighted by Gasteiger charge is -2.32. The molecule has 2 saturated heterocycles. The second-order valence-corrected chi connectivity index (χ2v) is 9.32. The molecule has 0 saturated carbocycles. The van der Waals surface area contributed by atoms with Crippen LogP contribution >= 0.6 is 0 Å². The molecule has 198 valence electrons. The Kier molecular flexibility index (Phi) is 8.65. The Labute approximate surface area is 215 Å². The Morgan fingerprint density at radius 3 is 2.46 bits per heavy atom. The van der Waals surface area contributed by atoms with Crippen molar-refractivity contribution in [2.24, 2.45) is 0 Å². The predicted octanol–water partition coefficient (Wildman–Crippen LogP) is 4.72. The van der Waals surface area contributed by atoms with Gasteiger partial charge in [-0.2, -0.15) is 0 Å². The molecule has 2 aromatic carbocycles. The van der Waals surface area contributed by atoms with Crippen molar-refractivity contribution < 1.29 is 29.1 Å². The lowest BCUT2D eigenvalue weighted by molar-refractivity contribution is -0.384. The van der Waals surface area contributed by atoms with Gasteiger partial charge in [0.25, 0.3) is 5.69 Å².